The van der Waals surface area contributed by atoms with Crippen LogP contribution in [0.5, 0.6) is 0 Å². The van der Waals surface area contributed by atoms with Crippen LogP contribution >= 0.6 is 0 Å². The first-order valence-corrected chi connectivity index (χ1v) is 6.72. The molecule has 0 amide bonds. The summed E-state index contributed by atoms with van der Waals surface area (Å²) in [6.45, 7) is 4.71. The van der Waals surface area contributed by atoms with Gasteiger partial charge in [-0.1, -0.05) is 0 Å². The van der Waals surface area contributed by atoms with Crippen molar-refractivity contribution >= 4 is 0 Å². The minimum absolute atomic E-state index is 0.773. The van der Waals surface area contributed by atoms with Crippen molar-refractivity contribution < 1.29 is 4.74 Å². The zero-order valence-corrected chi connectivity index (χ0v) is 10.7. The summed E-state index contributed by atoms with van der Waals surface area (Å²) in [7, 11) is 3.89. The van der Waals surface area contributed by atoms with Crippen LogP contribution in [-0.4, -0.2) is 51.3 Å². The molecule has 94 valence electrons. The number of ether oxygens (including phenoxy) is 1. The van der Waals surface area contributed by atoms with Crippen LogP contribution < -0.4 is 5.32 Å². The van der Waals surface area contributed by atoms with Crippen LogP contribution in [0, 0.1) is 11.8 Å². The topological polar surface area (TPSA) is 24.5 Å². The van der Waals surface area contributed by atoms with Gasteiger partial charge in [0.15, 0.2) is 0 Å². The van der Waals surface area contributed by atoms with Gasteiger partial charge < -0.3 is 10.1 Å². The molecule has 2 rings (SSSR count). The average molecular weight is 226 g/mol. The fourth-order valence-corrected chi connectivity index (χ4v) is 3.30. The molecule has 0 aromatic heterocycles. The molecule has 2 fully saturated rings. The Morgan fingerprint density at radius 1 is 1.31 bits per heavy atom. The lowest BCUT2D eigenvalue weighted by molar-refractivity contribution is 0.0111. The molecule has 0 aromatic rings. The van der Waals surface area contributed by atoms with Crippen LogP contribution in [0.1, 0.15) is 25.7 Å². The van der Waals surface area contributed by atoms with Gasteiger partial charge in [-0.15, -0.1) is 0 Å². The van der Waals surface area contributed by atoms with E-state index in [2.05, 4.69) is 17.3 Å². The van der Waals surface area contributed by atoms with E-state index < -0.39 is 0 Å². The van der Waals surface area contributed by atoms with Gasteiger partial charge in [-0.25, -0.2) is 0 Å². The summed E-state index contributed by atoms with van der Waals surface area (Å²) in [5.74, 6) is 1.67. The van der Waals surface area contributed by atoms with Crippen molar-refractivity contribution in [1.29, 1.82) is 0 Å². The van der Waals surface area contributed by atoms with E-state index in [1.807, 2.05) is 7.11 Å². The number of hydrogen-bond acceptors (Lipinski definition) is 3. The Morgan fingerprint density at radius 2 is 2.19 bits per heavy atom. The summed E-state index contributed by atoms with van der Waals surface area (Å²) < 4.78 is 5.30. The number of likely N-dealkylation sites (tertiary alicyclic amines) is 1. The molecule has 0 radical (unpaired) electrons. The molecule has 1 aliphatic carbocycles. The molecular weight excluding hydrogens is 200 g/mol. The van der Waals surface area contributed by atoms with Crippen LogP contribution in [0.3, 0.4) is 0 Å². The van der Waals surface area contributed by atoms with E-state index in [9.17, 15) is 0 Å². The number of nitrogens with one attached hydrogen (secondary N) is 1. The Labute approximate surface area is 99.5 Å². The standard InChI is InChI=1S/C13H26N2O/c1-14-8-12-5-6-13(12)15-7-3-4-11(9-15)10-16-2/h11-14H,3-10H2,1-2H3. The minimum atomic E-state index is 0.773. The highest BCUT2D eigenvalue weighted by Crippen LogP contribution is 2.34. The molecule has 3 atom stereocenters. The van der Waals surface area contributed by atoms with Gasteiger partial charge in [0, 0.05) is 19.7 Å². The molecule has 0 aromatic carbocycles. The van der Waals surface area contributed by atoms with E-state index in [4.69, 9.17) is 4.74 Å². The molecule has 3 unspecified atom stereocenters. The molecule has 0 bridgehead atoms. The monoisotopic (exact) mass is 226 g/mol. The van der Waals surface area contributed by atoms with Gasteiger partial charge in [-0.05, 0) is 57.7 Å². The van der Waals surface area contributed by atoms with Crippen LogP contribution in [0.15, 0.2) is 0 Å². The summed E-state index contributed by atoms with van der Waals surface area (Å²) in [6.07, 6.45) is 5.54. The third-order valence-electron chi connectivity index (χ3n) is 4.27. The van der Waals surface area contributed by atoms with Crippen molar-refractivity contribution in [3.63, 3.8) is 0 Å². The molecule has 3 nitrogen and oxygen atoms in total. The molecule has 0 spiro atoms. The predicted molar refractivity (Wildman–Crippen MR) is 66.6 cm³/mol. The van der Waals surface area contributed by atoms with E-state index in [1.165, 1.54) is 45.3 Å². The summed E-state index contributed by atoms with van der Waals surface area (Å²) >= 11 is 0. The first kappa shape index (κ1) is 12.3. The highest BCUT2D eigenvalue weighted by molar-refractivity contribution is 4.91. The molecule has 1 saturated carbocycles. The quantitative estimate of drug-likeness (QED) is 0.766. The van der Waals surface area contributed by atoms with Gasteiger partial charge in [0.1, 0.15) is 0 Å². The Hall–Kier alpha value is -0.120. The van der Waals surface area contributed by atoms with E-state index in [0.29, 0.717) is 0 Å². The maximum atomic E-state index is 5.30. The van der Waals surface area contributed by atoms with Crippen molar-refractivity contribution in [1.82, 2.24) is 10.2 Å². The minimum Gasteiger partial charge on any atom is -0.384 e. The lowest BCUT2D eigenvalue weighted by Gasteiger charge is -2.47. The highest BCUT2D eigenvalue weighted by Gasteiger charge is 2.36. The van der Waals surface area contributed by atoms with Crippen molar-refractivity contribution in [2.24, 2.45) is 11.8 Å². The van der Waals surface area contributed by atoms with Gasteiger partial charge in [0.2, 0.25) is 0 Å². The maximum Gasteiger partial charge on any atom is 0.0502 e. The van der Waals surface area contributed by atoms with Gasteiger partial charge in [0.05, 0.1) is 6.61 Å². The Kier molecular flexibility index (Phi) is 4.62. The van der Waals surface area contributed by atoms with E-state index >= 15 is 0 Å². The predicted octanol–water partition coefficient (Wildman–Crippen LogP) is 1.34. The van der Waals surface area contributed by atoms with Gasteiger partial charge in [-0.2, -0.15) is 0 Å². The fraction of sp³-hybridized carbons (Fsp3) is 1.00. The van der Waals surface area contributed by atoms with Crippen molar-refractivity contribution in [3.05, 3.63) is 0 Å². The molecule has 1 aliphatic heterocycles. The second kappa shape index (κ2) is 5.99. The van der Waals surface area contributed by atoms with E-state index in [-0.39, 0.29) is 0 Å². The molecule has 2 aliphatic rings. The third kappa shape index (κ3) is 2.76. The van der Waals surface area contributed by atoms with Crippen molar-refractivity contribution in [2.45, 2.75) is 31.7 Å². The van der Waals surface area contributed by atoms with Crippen LogP contribution in [0.2, 0.25) is 0 Å². The zero-order valence-electron chi connectivity index (χ0n) is 10.7. The van der Waals surface area contributed by atoms with Crippen LogP contribution in [0.4, 0.5) is 0 Å². The lowest BCUT2D eigenvalue weighted by atomic mass is 9.77. The highest BCUT2D eigenvalue weighted by atomic mass is 16.5. The second-order valence-electron chi connectivity index (χ2n) is 5.42. The van der Waals surface area contributed by atoms with Gasteiger partial charge >= 0.3 is 0 Å². The molecule has 1 N–H and O–H groups in total. The van der Waals surface area contributed by atoms with Gasteiger partial charge in [-0.3, -0.25) is 4.90 Å². The maximum absolute atomic E-state index is 5.30. The smallest absolute Gasteiger partial charge is 0.0502 e. The summed E-state index contributed by atoms with van der Waals surface area (Å²) in [5, 5.41) is 3.32. The summed E-state index contributed by atoms with van der Waals surface area (Å²) in [6, 6.07) is 0.854. The first-order chi connectivity index (χ1) is 7.85. The average Bonchev–Trinajstić information content (AvgIpc) is 2.25. The number of hydrogen-bond donors (Lipinski definition) is 1. The number of rotatable bonds is 5. The number of piperidine rings is 1. The lowest BCUT2D eigenvalue weighted by Crippen LogP contribution is -2.53. The fourth-order valence-electron chi connectivity index (χ4n) is 3.30. The molecule has 1 heterocycles. The molecule has 1 saturated heterocycles. The van der Waals surface area contributed by atoms with E-state index in [1.54, 1.807) is 0 Å². The largest absolute Gasteiger partial charge is 0.384 e. The summed E-state index contributed by atoms with van der Waals surface area (Å²) in [4.78, 5) is 2.72. The van der Waals surface area contributed by atoms with E-state index in [0.717, 1.165) is 24.5 Å². The second-order valence-corrected chi connectivity index (χ2v) is 5.42. The Bertz CT molecular complexity index is 204. The van der Waals surface area contributed by atoms with Crippen LogP contribution in [-0.2, 0) is 4.74 Å². The third-order valence-corrected chi connectivity index (χ3v) is 4.27. The molecule has 16 heavy (non-hydrogen) atoms. The number of methoxy groups -OCH3 is 1. The molecule has 3 heteroatoms. The van der Waals surface area contributed by atoms with Crippen LogP contribution in [0.25, 0.3) is 0 Å². The SMILES string of the molecule is CNCC1CCC1N1CCCC(COC)C1. The summed E-state index contributed by atoms with van der Waals surface area (Å²) in [5.41, 5.74) is 0. The normalized spacial score (nSPS) is 36.0. The van der Waals surface area contributed by atoms with Crippen molar-refractivity contribution in [2.75, 3.05) is 40.4 Å². The Morgan fingerprint density at radius 3 is 2.81 bits per heavy atom. The van der Waals surface area contributed by atoms with Crippen molar-refractivity contribution in [3.8, 4) is 0 Å². The number of nitrogens with zero attached hydrogens (tertiary/aromatic N) is 1. The first-order valence-electron chi connectivity index (χ1n) is 6.72. The zero-order chi connectivity index (χ0) is 11.4. The van der Waals surface area contributed by atoms with Gasteiger partial charge in [0.25, 0.3) is 0 Å². The molecular formula is C13H26N2O. The Balaban J connectivity index is 1.80.